The average molecular weight is 400 g/mol. The molecule has 0 N–H and O–H groups in total. The number of hydrogen-bond donors (Lipinski definition) is 0. The molecule has 2 aromatic rings. The van der Waals surface area contributed by atoms with Crippen molar-refractivity contribution in [3.8, 4) is 28.7 Å². The van der Waals surface area contributed by atoms with Crippen LogP contribution in [0.3, 0.4) is 0 Å². The highest BCUT2D eigenvalue weighted by Gasteiger charge is 2.17. The molecule has 0 aromatic heterocycles. The number of hydrogen-bond acceptors (Lipinski definition) is 6. The van der Waals surface area contributed by atoms with Gasteiger partial charge in [0.15, 0.2) is 5.78 Å². The second-order valence-electron chi connectivity index (χ2n) is 5.87. The lowest BCUT2D eigenvalue weighted by molar-refractivity contribution is 0.104. The Labute approximate surface area is 172 Å². The summed E-state index contributed by atoms with van der Waals surface area (Å²) in [6.07, 6.45) is 3.14. The van der Waals surface area contributed by atoms with Crippen molar-refractivity contribution >= 4 is 11.9 Å². The number of methoxy groups -OCH3 is 2. The van der Waals surface area contributed by atoms with Crippen molar-refractivity contribution in [3.05, 3.63) is 47.5 Å². The number of ketones is 1. The average Bonchev–Trinajstić information content (AvgIpc) is 2.73. The van der Waals surface area contributed by atoms with E-state index in [1.165, 1.54) is 20.3 Å². The summed E-state index contributed by atoms with van der Waals surface area (Å²) in [5.41, 5.74) is 1.02. The van der Waals surface area contributed by atoms with Gasteiger partial charge in [-0.2, -0.15) is 0 Å². The fraction of sp³-hybridized carbons (Fsp3) is 0.348. The van der Waals surface area contributed by atoms with E-state index in [0.29, 0.717) is 59.7 Å². The predicted molar refractivity (Wildman–Crippen MR) is 113 cm³/mol. The quantitative estimate of drug-likeness (QED) is 0.399. The van der Waals surface area contributed by atoms with Gasteiger partial charge in [0.2, 0.25) is 0 Å². The minimum Gasteiger partial charge on any atom is -0.496 e. The Hall–Kier alpha value is -3.15. The number of carbonyl (C=O) groups excluding carboxylic acids is 1. The Morgan fingerprint density at radius 1 is 0.828 bits per heavy atom. The van der Waals surface area contributed by atoms with Crippen LogP contribution < -0.4 is 23.7 Å². The van der Waals surface area contributed by atoms with Gasteiger partial charge in [-0.15, -0.1) is 0 Å². The molecule has 0 aliphatic heterocycles. The first-order valence-electron chi connectivity index (χ1n) is 9.59. The Morgan fingerprint density at radius 3 is 1.79 bits per heavy atom. The molecule has 0 amide bonds. The van der Waals surface area contributed by atoms with E-state index < -0.39 is 0 Å². The number of rotatable bonds is 11. The van der Waals surface area contributed by atoms with E-state index in [-0.39, 0.29) is 5.78 Å². The zero-order chi connectivity index (χ0) is 21.2. The van der Waals surface area contributed by atoms with Gasteiger partial charge in [-0.1, -0.05) is 6.07 Å². The highest BCUT2D eigenvalue weighted by molar-refractivity contribution is 6.10. The summed E-state index contributed by atoms with van der Waals surface area (Å²) in [5, 5.41) is 0. The first kappa shape index (κ1) is 22.1. The molecule has 2 aromatic carbocycles. The van der Waals surface area contributed by atoms with Crippen molar-refractivity contribution in [3.63, 3.8) is 0 Å². The molecule has 0 atom stereocenters. The summed E-state index contributed by atoms with van der Waals surface area (Å²) in [4.78, 5) is 12.9. The summed E-state index contributed by atoms with van der Waals surface area (Å²) < 4.78 is 27.8. The SMILES string of the molecule is CCOc1cc(OCC)c(C=CC(=O)c2c(OC)cccc2OC)c(OCC)c1. The first-order chi connectivity index (χ1) is 14.1. The van der Waals surface area contributed by atoms with E-state index in [1.54, 1.807) is 36.4 Å². The Kier molecular flexibility index (Phi) is 8.40. The molecule has 0 spiro atoms. The lowest BCUT2D eigenvalue weighted by Crippen LogP contribution is -2.03. The number of benzene rings is 2. The molecule has 0 saturated carbocycles. The maximum atomic E-state index is 12.9. The normalized spacial score (nSPS) is 10.7. The van der Waals surface area contributed by atoms with E-state index in [4.69, 9.17) is 23.7 Å². The van der Waals surface area contributed by atoms with Crippen molar-refractivity contribution in [1.82, 2.24) is 0 Å². The minimum absolute atomic E-state index is 0.252. The maximum absolute atomic E-state index is 12.9. The third kappa shape index (κ3) is 5.44. The minimum atomic E-state index is -0.252. The molecule has 0 bridgehead atoms. The van der Waals surface area contributed by atoms with Gasteiger partial charge in [0.25, 0.3) is 0 Å². The van der Waals surface area contributed by atoms with E-state index in [2.05, 4.69) is 0 Å². The van der Waals surface area contributed by atoms with Crippen molar-refractivity contribution in [2.75, 3.05) is 34.0 Å². The second kappa shape index (κ2) is 11.0. The van der Waals surface area contributed by atoms with Gasteiger partial charge in [-0.25, -0.2) is 0 Å². The monoisotopic (exact) mass is 400 g/mol. The second-order valence-corrected chi connectivity index (χ2v) is 5.87. The fourth-order valence-corrected chi connectivity index (χ4v) is 2.88. The molecule has 0 heterocycles. The van der Waals surface area contributed by atoms with Crippen LogP contribution in [0, 0.1) is 0 Å². The van der Waals surface area contributed by atoms with Gasteiger partial charge in [-0.05, 0) is 45.1 Å². The molecule has 0 saturated heterocycles. The summed E-state index contributed by atoms with van der Waals surface area (Å²) in [7, 11) is 3.03. The number of carbonyl (C=O) groups is 1. The molecular weight excluding hydrogens is 372 g/mol. The highest BCUT2D eigenvalue weighted by atomic mass is 16.5. The Balaban J connectivity index is 2.49. The standard InChI is InChI=1S/C23H28O6/c1-6-27-16-14-21(28-7-2)17(22(15-16)29-8-3)12-13-18(24)23-19(25-4)10-9-11-20(23)26-5/h9-15H,6-8H2,1-5H3. The number of ether oxygens (including phenoxy) is 5. The molecule has 6 heteroatoms. The van der Waals surface area contributed by atoms with Crippen molar-refractivity contribution in [1.29, 1.82) is 0 Å². The highest BCUT2D eigenvalue weighted by Crippen LogP contribution is 2.36. The van der Waals surface area contributed by atoms with Gasteiger partial charge < -0.3 is 23.7 Å². The molecule has 0 radical (unpaired) electrons. The molecule has 6 nitrogen and oxygen atoms in total. The summed E-state index contributed by atoms with van der Waals surface area (Å²) in [6.45, 7) is 7.16. The van der Waals surface area contributed by atoms with E-state index in [9.17, 15) is 4.79 Å². The Morgan fingerprint density at radius 2 is 1.34 bits per heavy atom. The van der Waals surface area contributed by atoms with Gasteiger partial charge in [0.05, 0.1) is 39.6 Å². The molecule has 0 unspecified atom stereocenters. The van der Waals surface area contributed by atoms with Crippen LogP contribution in [0.25, 0.3) is 6.08 Å². The molecule has 0 aliphatic carbocycles. The van der Waals surface area contributed by atoms with Crippen LogP contribution >= 0.6 is 0 Å². The van der Waals surface area contributed by atoms with Gasteiger partial charge >= 0.3 is 0 Å². The summed E-state index contributed by atoms with van der Waals surface area (Å²) >= 11 is 0. The van der Waals surface area contributed by atoms with Crippen LogP contribution in [0.4, 0.5) is 0 Å². The van der Waals surface area contributed by atoms with E-state index in [0.717, 1.165) is 0 Å². The zero-order valence-electron chi connectivity index (χ0n) is 17.6. The smallest absolute Gasteiger partial charge is 0.193 e. The van der Waals surface area contributed by atoms with Gasteiger partial charge in [0.1, 0.15) is 34.3 Å². The lowest BCUT2D eigenvalue weighted by Gasteiger charge is -2.15. The summed E-state index contributed by atoms with van der Waals surface area (Å²) in [5.74, 6) is 2.45. The van der Waals surface area contributed by atoms with Crippen molar-refractivity contribution < 1.29 is 28.5 Å². The Bertz CT molecular complexity index is 807. The van der Waals surface area contributed by atoms with Gasteiger partial charge in [0, 0.05) is 12.1 Å². The first-order valence-corrected chi connectivity index (χ1v) is 9.59. The van der Waals surface area contributed by atoms with Crippen LogP contribution in [0.1, 0.15) is 36.7 Å². The molecule has 0 aliphatic rings. The number of allylic oxidation sites excluding steroid dienone is 1. The van der Waals surface area contributed by atoms with Gasteiger partial charge in [-0.3, -0.25) is 4.79 Å². The molecule has 29 heavy (non-hydrogen) atoms. The third-order valence-corrected chi connectivity index (χ3v) is 4.06. The van der Waals surface area contributed by atoms with Crippen LogP contribution in [-0.2, 0) is 0 Å². The van der Waals surface area contributed by atoms with Crippen molar-refractivity contribution in [2.24, 2.45) is 0 Å². The molecule has 0 fully saturated rings. The zero-order valence-corrected chi connectivity index (χ0v) is 17.6. The largest absolute Gasteiger partial charge is 0.496 e. The molecule has 156 valence electrons. The maximum Gasteiger partial charge on any atom is 0.193 e. The topological polar surface area (TPSA) is 63.2 Å². The van der Waals surface area contributed by atoms with Crippen LogP contribution in [-0.4, -0.2) is 39.8 Å². The molecule has 2 rings (SSSR count). The summed E-state index contributed by atoms with van der Waals surface area (Å²) in [6, 6.07) is 8.80. The molecular formula is C23H28O6. The predicted octanol–water partition coefficient (Wildman–Crippen LogP) is 4.80. The van der Waals surface area contributed by atoms with Crippen LogP contribution in [0.5, 0.6) is 28.7 Å². The van der Waals surface area contributed by atoms with Crippen LogP contribution in [0.15, 0.2) is 36.4 Å². The lowest BCUT2D eigenvalue weighted by atomic mass is 10.1. The third-order valence-electron chi connectivity index (χ3n) is 4.06. The van der Waals surface area contributed by atoms with E-state index >= 15 is 0 Å². The fourth-order valence-electron chi connectivity index (χ4n) is 2.88. The van der Waals surface area contributed by atoms with Crippen molar-refractivity contribution in [2.45, 2.75) is 20.8 Å². The van der Waals surface area contributed by atoms with E-state index in [1.807, 2.05) is 20.8 Å². The van der Waals surface area contributed by atoms with Crippen LogP contribution in [0.2, 0.25) is 0 Å².